The third-order valence-corrected chi connectivity index (χ3v) is 7.92. The SMILES string of the molecule is CNC(=O)C(Cc1ccccc1)N(Cc1cccc(Br)c1)C(=O)CN(c1cc(C(F)(F)F)ccc1Cl)S(C)(=O)=O. The maximum absolute atomic E-state index is 13.9. The van der Waals surface area contributed by atoms with E-state index < -0.39 is 51.9 Å². The zero-order chi connectivity index (χ0) is 29.7. The van der Waals surface area contributed by atoms with Gasteiger partial charge in [0.05, 0.1) is 22.5 Å². The Morgan fingerprint density at radius 1 is 1.00 bits per heavy atom. The van der Waals surface area contributed by atoms with E-state index in [4.69, 9.17) is 11.6 Å². The minimum atomic E-state index is -4.78. The lowest BCUT2D eigenvalue weighted by Gasteiger charge is -2.33. The third-order valence-electron chi connectivity index (χ3n) is 5.98. The highest BCUT2D eigenvalue weighted by molar-refractivity contribution is 9.10. The highest BCUT2D eigenvalue weighted by atomic mass is 79.9. The standard InChI is InChI=1S/C27H26BrClF3N3O4S/c1-33-26(37)24(14-18-7-4-3-5-8-18)34(16-19-9-6-10-21(28)13-19)25(36)17-35(40(2,38)39)23-15-20(27(30,31)32)11-12-22(23)29/h3-13,15,24H,14,16-17H2,1-2H3,(H,33,37). The van der Waals surface area contributed by atoms with Crippen molar-refractivity contribution in [3.05, 3.63) is 99.0 Å². The molecule has 0 aliphatic carbocycles. The van der Waals surface area contributed by atoms with Crippen molar-refractivity contribution in [3.63, 3.8) is 0 Å². The molecular formula is C27H26BrClF3N3O4S. The normalized spacial score (nSPS) is 12.5. The van der Waals surface area contributed by atoms with E-state index in [1.54, 1.807) is 54.6 Å². The second-order valence-corrected chi connectivity index (χ2v) is 12.1. The molecule has 0 aromatic heterocycles. The number of likely N-dealkylation sites (N-methyl/N-ethyl adjacent to an activating group) is 1. The molecule has 0 saturated carbocycles. The van der Waals surface area contributed by atoms with Gasteiger partial charge in [0.15, 0.2) is 0 Å². The summed E-state index contributed by atoms with van der Waals surface area (Å²) in [4.78, 5) is 28.2. The van der Waals surface area contributed by atoms with Crippen LogP contribution in [0.3, 0.4) is 0 Å². The van der Waals surface area contributed by atoms with E-state index in [0.717, 1.165) is 24.0 Å². The first-order chi connectivity index (χ1) is 18.7. The maximum atomic E-state index is 13.9. The number of carbonyl (C=O) groups excluding carboxylic acids is 2. The average Bonchev–Trinajstić information content (AvgIpc) is 2.88. The van der Waals surface area contributed by atoms with Crippen LogP contribution < -0.4 is 9.62 Å². The molecule has 0 radical (unpaired) electrons. The van der Waals surface area contributed by atoms with Crippen LogP contribution in [0.2, 0.25) is 5.02 Å². The fraction of sp³-hybridized carbons (Fsp3) is 0.259. The number of alkyl halides is 3. The monoisotopic (exact) mass is 659 g/mol. The van der Waals surface area contributed by atoms with Crippen molar-refractivity contribution >= 4 is 55.1 Å². The number of benzene rings is 3. The Morgan fingerprint density at radius 3 is 2.23 bits per heavy atom. The van der Waals surface area contributed by atoms with Crippen molar-refractivity contribution in [2.75, 3.05) is 24.2 Å². The summed E-state index contributed by atoms with van der Waals surface area (Å²) in [5, 5.41) is 2.25. The van der Waals surface area contributed by atoms with Crippen LogP contribution in [0.25, 0.3) is 0 Å². The molecule has 7 nitrogen and oxygen atoms in total. The number of anilines is 1. The van der Waals surface area contributed by atoms with E-state index in [1.807, 2.05) is 0 Å². The summed E-state index contributed by atoms with van der Waals surface area (Å²) in [7, 11) is -2.89. The van der Waals surface area contributed by atoms with Crippen LogP contribution in [0.4, 0.5) is 18.9 Å². The zero-order valence-corrected chi connectivity index (χ0v) is 24.6. The number of carbonyl (C=O) groups is 2. The quantitative estimate of drug-likeness (QED) is 0.321. The van der Waals surface area contributed by atoms with E-state index in [2.05, 4.69) is 21.2 Å². The first kappa shape index (κ1) is 31.4. The summed E-state index contributed by atoms with van der Waals surface area (Å²) >= 11 is 9.51. The molecule has 214 valence electrons. The van der Waals surface area contributed by atoms with Gasteiger partial charge in [0.2, 0.25) is 21.8 Å². The molecule has 1 N–H and O–H groups in total. The summed E-state index contributed by atoms with van der Waals surface area (Å²) < 4.78 is 67.1. The zero-order valence-electron chi connectivity index (χ0n) is 21.5. The Hall–Kier alpha value is -3.09. The lowest BCUT2D eigenvalue weighted by atomic mass is 10.0. The molecule has 1 unspecified atom stereocenters. The number of rotatable bonds is 10. The Labute approximate surface area is 244 Å². The number of nitrogens with zero attached hydrogens (tertiary/aromatic N) is 2. The number of halogens is 5. The van der Waals surface area contributed by atoms with Crippen LogP contribution >= 0.6 is 27.5 Å². The Bertz CT molecular complexity index is 1470. The predicted molar refractivity (Wildman–Crippen MR) is 151 cm³/mol. The minimum Gasteiger partial charge on any atom is -0.357 e. The van der Waals surface area contributed by atoms with Gasteiger partial charge in [0, 0.05) is 24.5 Å². The topological polar surface area (TPSA) is 86.8 Å². The molecule has 13 heteroatoms. The fourth-order valence-electron chi connectivity index (χ4n) is 4.03. The first-order valence-electron chi connectivity index (χ1n) is 11.8. The number of nitrogens with one attached hydrogen (secondary N) is 1. The molecule has 3 rings (SSSR count). The second-order valence-electron chi connectivity index (χ2n) is 8.90. The van der Waals surface area contributed by atoms with E-state index in [9.17, 15) is 31.2 Å². The van der Waals surface area contributed by atoms with Crippen LogP contribution in [0.15, 0.2) is 77.3 Å². The number of hydrogen-bond acceptors (Lipinski definition) is 4. The summed E-state index contributed by atoms with van der Waals surface area (Å²) in [6, 6.07) is 17.0. The van der Waals surface area contributed by atoms with Gasteiger partial charge in [-0.05, 0) is 41.5 Å². The van der Waals surface area contributed by atoms with Gasteiger partial charge >= 0.3 is 6.18 Å². The smallest absolute Gasteiger partial charge is 0.357 e. The van der Waals surface area contributed by atoms with Gasteiger partial charge in [-0.2, -0.15) is 13.2 Å². The summed E-state index contributed by atoms with van der Waals surface area (Å²) in [5.41, 5.74) is -0.266. The van der Waals surface area contributed by atoms with Crippen LogP contribution in [0.5, 0.6) is 0 Å². The largest absolute Gasteiger partial charge is 0.416 e. The van der Waals surface area contributed by atoms with Gasteiger partial charge in [0.1, 0.15) is 12.6 Å². The Kier molecular flexibility index (Phi) is 10.3. The van der Waals surface area contributed by atoms with Gasteiger partial charge in [-0.1, -0.05) is 70.0 Å². The lowest BCUT2D eigenvalue weighted by Crippen LogP contribution is -2.53. The molecule has 2 amide bonds. The molecular weight excluding hydrogens is 635 g/mol. The summed E-state index contributed by atoms with van der Waals surface area (Å²) in [6.45, 7) is -0.979. The molecule has 0 heterocycles. The molecule has 40 heavy (non-hydrogen) atoms. The van der Waals surface area contributed by atoms with Gasteiger partial charge in [-0.25, -0.2) is 8.42 Å². The van der Waals surface area contributed by atoms with Gasteiger partial charge < -0.3 is 10.2 Å². The van der Waals surface area contributed by atoms with Gasteiger partial charge in [0.25, 0.3) is 0 Å². The van der Waals surface area contributed by atoms with Crippen LogP contribution in [0, 0.1) is 0 Å². The van der Waals surface area contributed by atoms with Crippen LogP contribution in [-0.2, 0) is 38.8 Å². The van der Waals surface area contributed by atoms with Crippen molar-refractivity contribution in [3.8, 4) is 0 Å². The number of sulfonamides is 1. The highest BCUT2D eigenvalue weighted by Crippen LogP contribution is 2.36. The molecule has 0 fully saturated rings. The Morgan fingerprint density at radius 2 is 1.65 bits per heavy atom. The molecule has 0 saturated heterocycles. The second kappa shape index (κ2) is 13.0. The van der Waals surface area contributed by atoms with E-state index in [1.165, 1.54) is 11.9 Å². The van der Waals surface area contributed by atoms with E-state index in [-0.39, 0.29) is 18.0 Å². The minimum absolute atomic E-state index is 0.0862. The molecule has 0 aliphatic heterocycles. The summed E-state index contributed by atoms with van der Waals surface area (Å²) in [6.07, 6.45) is -3.92. The molecule has 0 aliphatic rings. The van der Waals surface area contributed by atoms with Crippen molar-refractivity contribution < 1.29 is 31.2 Å². The molecule has 3 aromatic carbocycles. The summed E-state index contributed by atoms with van der Waals surface area (Å²) in [5.74, 6) is -1.32. The molecule has 0 bridgehead atoms. The van der Waals surface area contributed by atoms with Crippen molar-refractivity contribution in [2.24, 2.45) is 0 Å². The lowest BCUT2D eigenvalue weighted by molar-refractivity contribution is -0.139. The van der Waals surface area contributed by atoms with E-state index in [0.29, 0.717) is 20.4 Å². The number of hydrogen-bond donors (Lipinski definition) is 1. The molecule has 0 spiro atoms. The first-order valence-corrected chi connectivity index (χ1v) is 14.9. The molecule has 1 atom stereocenters. The van der Waals surface area contributed by atoms with Crippen molar-refractivity contribution in [2.45, 2.75) is 25.2 Å². The van der Waals surface area contributed by atoms with Crippen LogP contribution in [0.1, 0.15) is 16.7 Å². The third kappa shape index (κ3) is 8.21. The van der Waals surface area contributed by atoms with E-state index >= 15 is 0 Å². The fourth-order valence-corrected chi connectivity index (χ4v) is 5.60. The van der Waals surface area contributed by atoms with Crippen LogP contribution in [-0.4, -0.2) is 51.0 Å². The predicted octanol–water partition coefficient (Wildman–Crippen LogP) is 5.27. The Balaban J connectivity index is 2.09. The highest BCUT2D eigenvalue weighted by Gasteiger charge is 2.35. The van der Waals surface area contributed by atoms with Gasteiger partial charge in [-0.15, -0.1) is 0 Å². The van der Waals surface area contributed by atoms with Crippen molar-refractivity contribution in [1.29, 1.82) is 0 Å². The number of amides is 2. The maximum Gasteiger partial charge on any atom is 0.416 e. The van der Waals surface area contributed by atoms with Gasteiger partial charge in [-0.3, -0.25) is 13.9 Å². The van der Waals surface area contributed by atoms with Crippen molar-refractivity contribution in [1.82, 2.24) is 10.2 Å². The molecule has 3 aromatic rings. The average molecular weight is 661 g/mol.